The second-order valence-corrected chi connectivity index (χ2v) is 4.78. The van der Waals surface area contributed by atoms with Crippen molar-refractivity contribution in [3.63, 3.8) is 0 Å². The molecule has 1 aliphatic rings. The zero-order valence-corrected chi connectivity index (χ0v) is 10.5. The van der Waals surface area contributed by atoms with E-state index >= 15 is 0 Å². The summed E-state index contributed by atoms with van der Waals surface area (Å²) in [5.74, 6) is 1.09. The lowest BCUT2D eigenvalue weighted by Gasteiger charge is -2.23. The SMILES string of the molecule is CCC(CSC)NC(=O)C(C)=C1CNC1. The van der Waals surface area contributed by atoms with Crippen LogP contribution in [0.5, 0.6) is 0 Å². The van der Waals surface area contributed by atoms with E-state index in [0.717, 1.165) is 30.8 Å². The largest absolute Gasteiger partial charge is 0.349 e. The third kappa shape index (κ3) is 3.54. The lowest BCUT2D eigenvalue weighted by molar-refractivity contribution is -0.118. The van der Waals surface area contributed by atoms with E-state index in [1.807, 2.05) is 6.92 Å². The summed E-state index contributed by atoms with van der Waals surface area (Å²) in [7, 11) is 0. The summed E-state index contributed by atoms with van der Waals surface area (Å²) in [5.41, 5.74) is 2.14. The van der Waals surface area contributed by atoms with E-state index < -0.39 is 0 Å². The number of rotatable bonds is 5. The Balaban J connectivity index is 2.46. The van der Waals surface area contributed by atoms with Crippen LogP contribution in [0.2, 0.25) is 0 Å². The first kappa shape index (κ1) is 12.6. The molecule has 1 atom stereocenters. The van der Waals surface area contributed by atoms with Gasteiger partial charge in [0.05, 0.1) is 0 Å². The van der Waals surface area contributed by atoms with Crippen LogP contribution in [0.3, 0.4) is 0 Å². The molecule has 0 aromatic heterocycles. The minimum atomic E-state index is 0.104. The molecule has 0 bridgehead atoms. The Kier molecular flexibility index (Phi) is 5.19. The molecule has 4 heteroatoms. The molecule has 3 nitrogen and oxygen atoms in total. The molecule has 1 saturated heterocycles. The van der Waals surface area contributed by atoms with Gasteiger partial charge in [0, 0.05) is 30.5 Å². The lowest BCUT2D eigenvalue weighted by atomic mass is 10.0. The van der Waals surface area contributed by atoms with Crippen molar-refractivity contribution < 1.29 is 4.79 Å². The monoisotopic (exact) mass is 228 g/mol. The van der Waals surface area contributed by atoms with Gasteiger partial charge in [-0.15, -0.1) is 0 Å². The van der Waals surface area contributed by atoms with Gasteiger partial charge in [-0.2, -0.15) is 11.8 Å². The number of hydrogen-bond acceptors (Lipinski definition) is 3. The Morgan fingerprint density at radius 2 is 2.27 bits per heavy atom. The fraction of sp³-hybridized carbons (Fsp3) is 0.727. The summed E-state index contributed by atoms with van der Waals surface area (Å²) in [6, 6.07) is 0.302. The first-order chi connectivity index (χ1) is 7.19. The molecular weight excluding hydrogens is 208 g/mol. The van der Waals surface area contributed by atoms with Crippen LogP contribution in [0.1, 0.15) is 20.3 Å². The predicted molar refractivity (Wildman–Crippen MR) is 66.2 cm³/mol. The smallest absolute Gasteiger partial charge is 0.247 e. The van der Waals surface area contributed by atoms with Gasteiger partial charge in [0.2, 0.25) is 5.91 Å². The summed E-state index contributed by atoms with van der Waals surface area (Å²) in [4.78, 5) is 11.8. The van der Waals surface area contributed by atoms with Crippen molar-refractivity contribution in [2.75, 3.05) is 25.1 Å². The van der Waals surface area contributed by atoms with Gasteiger partial charge >= 0.3 is 0 Å². The minimum Gasteiger partial charge on any atom is -0.349 e. The highest BCUT2D eigenvalue weighted by atomic mass is 32.2. The third-order valence-corrected chi connectivity index (χ3v) is 3.48. The molecule has 0 radical (unpaired) electrons. The molecule has 15 heavy (non-hydrogen) atoms. The van der Waals surface area contributed by atoms with E-state index in [4.69, 9.17) is 0 Å². The van der Waals surface area contributed by atoms with Crippen LogP contribution in [0.4, 0.5) is 0 Å². The van der Waals surface area contributed by atoms with Crippen molar-refractivity contribution in [3.8, 4) is 0 Å². The van der Waals surface area contributed by atoms with Crippen LogP contribution in [-0.4, -0.2) is 37.0 Å². The highest BCUT2D eigenvalue weighted by Gasteiger charge is 2.17. The Bertz CT molecular complexity index is 257. The van der Waals surface area contributed by atoms with Gasteiger partial charge in [0.15, 0.2) is 0 Å². The van der Waals surface area contributed by atoms with Crippen molar-refractivity contribution in [2.45, 2.75) is 26.3 Å². The summed E-state index contributed by atoms with van der Waals surface area (Å²) >= 11 is 1.77. The maximum atomic E-state index is 11.8. The van der Waals surface area contributed by atoms with E-state index in [9.17, 15) is 4.79 Å². The molecule has 1 fully saturated rings. The van der Waals surface area contributed by atoms with Crippen molar-refractivity contribution in [1.82, 2.24) is 10.6 Å². The average molecular weight is 228 g/mol. The molecule has 1 amide bonds. The van der Waals surface area contributed by atoms with Crippen molar-refractivity contribution in [3.05, 3.63) is 11.1 Å². The minimum absolute atomic E-state index is 0.104. The summed E-state index contributed by atoms with van der Waals surface area (Å²) in [6.07, 6.45) is 3.06. The average Bonchev–Trinajstić information content (AvgIpc) is 2.14. The Hall–Kier alpha value is -0.480. The first-order valence-electron chi connectivity index (χ1n) is 5.38. The lowest BCUT2D eigenvalue weighted by Crippen LogP contribution is -2.41. The standard InChI is InChI=1S/C11H20N2OS/c1-4-10(7-15-3)13-11(14)8(2)9-5-12-6-9/h10,12H,4-7H2,1-3H3,(H,13,14). The maximum absolute atomic E-state index is 11.8. The zero-order valence-electron chi connectivity index (χ0n) is 9.72. The van der Waals surface area contributed by atoms with E-state index in [2.05, 4.69) is 23.8 Å². The van der Waals surface area contributed by atoms with Crippen LogP contribution in [0.15, 0.2) is 11.1 Å². The van der Waals surface area contributed by atoms with Crippen LogP contribution in [-0.2, 0) is 4.79 Å². The molecular formula is C11H20N2OS. The molecule has 2 N–H and O–H groups in total. The molecule has 0 aliphatic carbocycles. The van der Waals surface area contributed by atoms with E-state index in [1.165, 1.54) is 5.57 Å². The number of carbonyl (C=O) groups excluding carboxylic acids is 1. The Morgan fingerprint density at radius 3 is 2.67 bits per heavy atom. The highest BCUT2D eigenvalue weighted by Crippen LogP contribution is 2.10. The Labute approximate surface area is 96.1 Å². The molecule has 1 heterocycles. The van der Waals surface area contributed by atoms with Gasteiger partial charge < -0.3 is 10.6 Å². The normalized spacial score (nSPS) is 16.9. The summed E-state index contributed by atoms with van der Waals surface area (Å²) in [6.45, 7) is 5.77. The number of amides is 1. The van der Waals surface area contributed by atoms with Gasteiger partial charge in [0.1, 0.15) is 0 Å². The molecule has 0 saturated carbocycles. The molecule has 86 valence electrons. The van der Waals surface area contributed by atoms with Crippen LogP contribution < -0.4 is 10.6 Å². The number of carbonyl (C=O) groups is 1. The molecule has 1 aliphatic heterocycles. The van der Waals surface area contributed by atoms with E-state index in [0.29, 0.717) is 6.04 Å². The van der Waals surface area contributed by atoms with Crippen molar-refractivity contribution in [2.24, 2.45) is 0 Å². The van der Waals surface area contributed by atoms with Gasteiger partial charge in [-0.1, -0.05) is 6.92 Å². The van der Waals surface area contributed by atoms with Crippen LogP contribution >= 0.6 is 11.8 Å². The molecule has 0 aromatic carbocycles. The quantitative estimate of drug-likeness (QED) is 0.694. The first-order valence-corrected chi connectivity index (χ1v) is 6.77. The number of thioether (sulfide) groups is 1. The fourth-order valence-electron chi connectivity index (χ4n) is 1.43. The highest BCUT2D eigenvalue weighted by molar-refractivity contribution is 7.98. The van der Waals surface area contributed by atoms with Gasteiger partial charge in [0.25, 0.3) is 0 Å². The van der Waals surface area contributed by atoms with Crippen molar-refractivity contribution >= 4 is 17.7 Å². The molecule has 0 spiro atoms. The van der Waals surface area contributed by atoms with Crippen molar-refractivity contribution in [1.29, 1.82) is 0 Å². The van der Waals surface area contributed by atoms with Crippen LogP contribution in [0.25, 0.3) is 0 Å². The molecule has 1 rings (SSSR count). The maximum Gasteiger partial charge on any atom is 0.247 e. The van der Waals surface area contributed by atoms with Gasteiger partial charge in [-0.3, -0.25) is 4.79 Å². The zero-order chi connectivity index (χ0) is 11.3. The van der Waals surface area contributed by atoms with E-state index in [1.54, 1.807) is 11.8 Å². The third-order valence-electron chi connectivity index (χ3n) is 2.74. The fourth-order valence-corrected chi connectivity index (χ4v) is 2.15. The molecule has 1 unspecified atom stereocenters. The summed E-state index contributed by atoms with van der Waals surface area (Å²) < 4.78 is 0. The topological polar surface area (TPSA) is 41.1 Å². The Morgan fingerprint density at radius 1 is 1.60 bits per heavy atom. The number of nitrogens with one attached hydrogen (secondary N) is 2. The van der Waals surface area contributed by atoms with E-state index in [-0.39, 0.29) is 5.91 Å². The second kappa shape index (κ2) is 6.18. The molecule has 0 aromatic rings. The van der Waals surface area contributed by atoms with Gasteiger partial charge in [-0.05, 0) is 25.2 Å². The second-order valence-electron chi connectivity index (χ2n) is 3.87. The predicted octanol–water partition coefficient (Wildman–Crippen LogP) is 1.16. The van der Waals surface area contributed by atoms with Gasteiger partial charge in [-0.25, -0.2) is 0 Å². The van der Waals surface area contributed by atoms with Crippen LogP contribution in [0, 0.1) is 0 Å². The number of hydrogen-bond donors (Lipinski definition) is 2. The summed E-state index contributed by atoms with van der Waals surface area (Å²) in [5, 5.41) is 6.22.